The Bertz CT molecular complexity index is 730. The van der Waals surface area contributed by atoms with E-state index in [0.717, 1.165) is 38.0 Å². The Hall–Kier alpha value is -2.56. The number of piperazine rings is 1. The maximum Gasteiger partial charge on any atom is 0.490 e. The molecular weight excluding hydrogens is 405 g/mol. The van der Waals surface area contributed by atoms with Crippen LogP contribution < -0.4 is 15.4 Å². The molecule has 3 saturated heterocycles. The number of nitrogens with one attached hydrogen (secondary N) is 2. The van der Waals surface area contributed by atoms with Crippen molar-refractivity contribution in [3.8, 4) is 5.88 Å². The summed E-state index contributed by atoms with van der Waals surface area (Å²) < 4.78 is 37.6. The number of anilines is 1. The van der Waals surface area contributed by atoms with Gasteiger partial charge in [0.1, 0.15) is 6.10 Å². The third-order valence-electron chi connectivity index (χ3n) is 5.43. The second kappa shape index (κ2) is 9.50. The highest BCUT2D eigenvalue weighted by Gasteiger charge is 2.38. The van der Waals surface area contributed by atoms with E-state index in [4.69, 9.17) is 14.6 Å². The van der Waals surface area contributed by atoms with Crippen molar-refractivity contribution in [3.05, 3.63) is 18.3 Å². The van der Waals surface area contributed by atoms with E-state index in [1.54, 1.807) is 6.20 Å². The van der Waals surface area contributed by atoms with E-state index in [1.165, 1.54) is 19.3 Å². The number of aromatic nitrogens is 1. The topological polar surface area (TPSA) is 104 Å². The fourth-order valence-electron chi connectivity index (χ4n) is 3.85. The normalized spacial score (nSPS) is 23.5. The van der Waals surface area contributed by atoms with Crippen molar-refractivity contribution in [1.82, 2.24) is 15.2 Å². The number of pyridine rings is 1. The first-order valence-corrected chi connectivity index (χ1v) is 9.96. The lowest BCUT2D eigenvalue weighted by Gasteiger charge is -2.45. The number of amides is 2. The molecule has 2 amide bonds. The zero-order chi connectivity index (χ0) is 21.7. The number of piperidine rings is 2. The summed E-state index contributed by atoms with van der Waals surface area (Å²) in [5.74, 6) is -2.11. The van der Waals surface area contributed by atoms with Crippen molar-refractivity contribution in [1.29, 1.82) is 0 Å². The largest absolute Gasteiger partial charge is 0.490 e. The number of rotatable bonds is 3. The molecule has 4 aliphatic rings. The molecule has 4 heterocycles. The van der Waals surface area contributed by atoms with Crippen LogP contribution in [0.15, 0.2) is 18.3 Å². The molecule has 2 atom stereocenters. The molecule has 11 heteroatoms. The van der Waals surface area contributed by atoms with Crippen molar-refractivity contribution in [2.24, 2.45) is 0 Å². The van der Waals surface area contributed by atoms with Crippen LogP contribution in [0, 0.1) is 0 Å². The van der Waals surface area contributed by atoms with Crippen LogP contribution in [-0.2, 0) is 4.79 Å². The number of carbonyl (C=O) groups excluding carboxylic acids is 1. The Balaban J connectivity index is 0.000000318. The molecule has 2 bridgehead atoms. The van der Waals surface area contributed by atoms with E-state index in [0.29, 0.717) is 24.1 Å². The third-order valence-corrected chi connectivity index (χ3v) is 5.43. The predicted octanol–water partition coefficient (Wildman–Crippen LogP) is 3.00. The van der Waals surface area contributed by atoms with Crippen LogP contribution in [0.4, 0.5) is 23.7 Å². The number of aliphatic carboxylic acids is 1. The molecule has 0 radical (unpaired) electrons. The number of urea groups is 1. The minimum Gasteiger partial charge on any atom is -0.475 e. The van der Waals surface area contributed by atoms with Gasteiger partial charge in [-0.25, -0.2) is 14.6 Å². The summed E-state index contributed by atoms with van der Waals surface area (Å²) in [7, 11) is 0. The van der Waals surface area contributed by atoms with Crippen molar-refractivity contribution < 1.29 is 32.6 Å². The molecule has 1 aromatic rings. The Morgan fingerprint density at radius 2 is 1.90 bits per heavy atom. The first-order valence-electron chi connectivity index (χ1n) is 9.96. The van der Waals surface area contributed by atoms with Gasteiger partial charge in [0.15, 0.2) is 0 Å². The summed E-state index contributed by atoms with van der Waals surface area (Å²) in [6.07, 6.45) is 3.89. The van der Waals surface area contributed by atoms with Gasteiger partial charge in [-0.15, -0.1) is 0 Å². The highest BCUT2D eigenvalue weighted by atomic mass is 19.4. The molecule has 30 heavy (non-hydrogen) atoms. The van der Waals surface area contributed by atoms with E-state index in [-0.39, 0.29) is 6.03 Å². The molecule has 1 saturated carbocycles. The minimum absolute atomic E-state index is 0.0209. The molecule has 1 aromatic heterocycles. The van der Waals surface area contributed by atoms with Gasteiger partial charge in [-0.3, -0.25) is 0 Å². The molecule has 1 aliphatic carbocycles. The number of alkyl halides is 3. The van der Waals surface area contributed by atoms with Gasteiger partial charge in [-0.05, 0) is 44.6 Å². The Kier molecular flexibility index (Phi) is 7.01. The molecule has 166 valence electrons. The van der Waals surface area contributed by atoms with Gasteiger partial charge in [0.05, 0.1) is 11.9 Å². The Labute approximate surface area is 171 Å². The molecule has 4 fully saturated rings. The number of carbonyl (C=O) groups is 2. The molecule has 3 N–H and O–H groups in total. The lowest BCUT2D eigenvalue weighted by atomic mass is 9.93. The number of fused-ring (bicyclic) bond motifs is 3. The zero-order valence-electron chi connectivity index (χ0n) is 16.3. The summed E-state index contributed by atoms with van der Waals surface area (Å²) >= 11 is 0. The van der Waals surface area contributed by atoms with Crippen molar-refractivity contribution in [2.75, 3.05) is 18.4 Å². The highest BCUT2D eigenvalue weighted by Crippen LogP contribution is 2.25. The summed E-state index contributed by atoms with van der Waals surface area (Å²) in [5, 5.41) is 13.5. The average molecular weight is 430 g/mol. The quantitative estimate of drug-likeness (QED) is 0.681. The third kappa shape index (κ3) is 5.97. The Morgan fingerprint density at radius 3 is 2.37 bits per heavy atom. The van der Waals surface area contributed by atoms with Gasteiger partial charge in [0, 0.05) is 31.2 Å². The molecule has 8 nitrogen and oxygen atoms in total. The molecule has 3 aliphatic heterocycles. The number of carboxylic acid groups (broad SMARTS) is 1. The average Bonchev–Trinajstić information content (AvgIpc) is 3.23. The molecule has 0 spiro atoms. The van der Waals surface area contributed by atoms with Crippen LogP contribution in [-0.4, -0.2) is 64.4 Å². The summed E-state index contributed by atoms with van der Waals surface area (Å²) in [6, 6.07) is 4.46. The van der Waals surface area contributed by atoms with Crippen LogP contribution in [0.25, 0.3) is 0 Å². The van der Waals surface area contributed by atoms with Crippen LogP contribution >= 0.6 is 0 Å². The minimum atomic E-state index is -5.08. The van der Waals surface area contributed by atoms with E-state index in [1.807, 2.05) is 17.0 Å². The number of hydrogen-bond acceptors (Lipinski definition) is 5. The first kappa shape index (κ1) is 22.1. The van der Waals surface area contributed by atoms with Gasteiger partial charge < -0.3 is 25.4 Å². The fourth-order valence-corrected chi connectivity index (χ4v) is 3.85. The molecule has 5 rings (SSSR count). The van der Waals surface area contributed by atoms with Gasteiger partial charge in [0.25, 0.3) is 0 Å². The lowest BCUT2D eigenvalue weighted by molar-refractivity contribution is -0.192. The number of nitrogens with zero attached hydrogens (tertiary/aromatic N) is 2. The van der Waals surface area contributed by atoms with Crippen LogP contribution in [0.3, 0.4) is 0 Å². The first-order chi connectivity index (χ1) is 14.2. The summed E-state index contributed by atoms with van der Waals surface area (Å²) in [4.78, 5) is 27.6. The van der Waals surface area contributed by atoms with E-state index >= 15 is 0 Å². The molecular formula is C19H25F3N4O4. The second-order valence-electron chi connectivity index (χ2n) is 7.63. The zero-order valence-corrected chi connectivity index (χ0v) is 16.3. The van der Waals surface area contributed by atoms with Gasteiger partial charge in [-0.1, -0.05) is 0 Å². The van der Waals surface area contributed by atoms with Gasteiger partial charge >= 0.3 is 18.2 Å². The van der Waals surface area contributed by atoms with Gasteiger partial charge in [0.2, 0.25) is 5.88 Å². The maximum atomic E-state index is 12.4. The summed E-state index contributed by atoms with van der Waals surface area (Å²) in [6.45, 7) is 1.71. The standard InChI is InChI=1S/C17H24N4O2.C2HF3O2/c22-17(21-11-13-5-7-14(21)10-18-13)20-12-6-8-16(19-9-12)23-15-3-1-2-4-15;3-2(4,5)1(6)7/h6,8-9,13-15,18H,1-5,7,10-11H2,(H,20,22);(H,6,7). The van der Waals surface area contributed by atoms with E-state index < -0.39 is 12.1 Å². The number of hydrogen-bond donors (Lipinski definition) is 3. The maximum absolute atomic E-state index is 12.4. The Morgan fingerprint density at radius 1 is 1.20 bits per heavy atom. The summed E-state index contributed by atoms with van der Waals surface area (Å²) in [5.41, 5.74) is 0.725. The van der Waals surface area contributed by atoms with E-state index in [2.05, 4.69) is 15.6 Å². The van der Waals surface area contributed by atoms with Gasteiger partial charge in [-0.2, -0.15) is 13.2 Å². The number of halogens is 3. The fraction of sp³-hybridized carbons (Fsp3) is 0.632. The van der Waals surface area contributed by atoms with Crippen LogP contribution in [0.1, 0.15) is 38.5 Å². The van der Waals surface area contributed by atoms with Crippen molar-refractivity contribution in [2.45, 2.75) is 62.9 Å². The smallest absolute Gasteiger partial charge is 0.475 e. The van der Waals surface area contributed by atoms with Crippen LogP contribution in [0.2, 0.25) is 0 Å². The van der Waals surface area contributed by atoms with E-state index in [9.17, 15) is 18.0 Å². The van der Waals surface area contributed by atoms with Crippen molar-refractivity contribution in [3.63, 3.8) is 0 Å². The highest BCUT2D eigenvalue weighted by molar-refractivity contribution is 5.89. The molecule has 0 aromatic carbocycles. The number of ether oxygens (including phenoxy) is 1. The number of carboxylic acids is 1. The predicted molar refractivity (Wildman–Crippen MR) is 101 cm³/mol. The second-order valence-corrected chi connectivity index (χ2v) is 7.63. The molecule has 2 unspecified atom stereocenters. The SMILES string of the molecule is O=C(Nc1ccc(OC2CCCC2)nc1)N1CC2CCC1CN2.O=C(O)C(F)(F)F. The van der Waals surface area contributed by atoms with Crippen LogP contribution in [0.5, 0.6) is 5.88 Å². The monoisotopic (exact) mass is 430 g/mol. The van der Waals surface area contributed by atoms with Crippen molar-refractivity contribution >= 4 is 17.7 Å². The lowest BCUT2D eigenvalue weighted by Crippen LogP contribution is -2.63.